The predicted octanol–water partition coefficient (Wildman–Crippen LogP) is 2.05. The molecule has 0 bridgehead atoms. The van der Waals surface area contributed by atoms with Crippen LogP contribution in [0.3, 0.4) is 0 Å². The van der Waals surface area contributed by atoms with Gasteiger partial charge in [0.05, 0.1) is 4.92 Å². The van der Waals surface area contributed by atoms with E-state index in [9.17, 15) is 10.1 Å². The zero-order valence-electron chi connectivity index (χ0n) is 11.1. The molecule has 0 atom stereocenters. The molecule has 1 heterocycles. The summed E-state index contributed by atoms with van der Waals surface area (Å²) in [6, 6.07) is 3.14. The van der Waals surface area contributed by atoms with E-state index >= 15 is 0 Å². The molecule has 0 aliphatic rings. The van der Waals surface area contributed by atoms with Gasteiger partial charge in [0.15, 0.2) is 0 Å². The summed E-state index contributed by atoms with van der Waals surface area (Å²) in [7, 11) is 4.10. The lowest BCUT2D eigenvalue weighted by atomic mass is 10.3. The number of hydrogen-bond acceptors (Lipinski definition) is 5. The average molecular weight is 252 g/mol. The molecule has 0 aromatic carbocycles. The van der Waals surface area contributed by atoms with Crippen molar-refractivity contribution in [1.29, 1.82) is 0 Å². The molecule has 0 fully saturated rings. The van der Waals surface area contributed by atoms with Crippen LogP contribution in [0, 0.1) is 17.0 Å². The Balaban J connectivity index is 2.39. The quantitative estimate of drug-likeness (QED) is 0.457. The van der Waals surface area contributed by atoms with Gasteiger partial charge in [-0.15, -0.1) is 0 Å². The summed E-state index contributed by atoms with van der Waals surface area (Å²) in [6.45, 7) is 3.54. The fraction of sp³-hybridized carbons (Fsp3) is 0.583. The molecular formula is C12H20N4O2. The summed E-state index contributed by atoms with van der Waals surface area (Å²) in [5, 5.41) is 13.8. The van der Waals surface area contributed by atoms with Crippen LogP contribution in [0.5, 0.6) is 0 Å². The number of rotatable bonds is 7. The Bertz CT molecular complexity index is 407. The number of anilines is 1. The fourth-order valence-electron chi connectivity index (χ4n) is 1.61. The minimum atomic E-state index is -0.413. The molecule has 1 aromatic rings. The van der Waals surface area contributed by atoms with E-state index in [4.69, 9.17) is 0 Å². The van der Waals surface area contributed by atoms with Crippen LogP contribution in [-0.4, -0.2) is 42.0 Å². The molecule has 0 unspecified atom stereocenters. The van der Waals surface area contributed by atoms with E-state index in [0.29, 0.717) is 11.5 Å². The lowest BCUT2D eigenvalue weighted by Crippen LogP contribution is -2.14. The van der Waals surface area contributed by atoms with Gasteiger partial charge in [-0.25, -0.2) is 4.98 Å². The highest BCUT2D eigenvalue weighted by atomic mass is 16.6. The molecule has 1 aromatic heterocycles. The Morgan fingerprint density at radius 3 is 2.67 bits per heavy atom. The van der Waals surface area contributed by atoms with E-state index < -0.39 is 4.92 Å². The summed E-state index contributed by atoms with van der Waals surface area (Å²) in [5.74, 6) is 0.697. The Morgan fingerprint density at radius 1 is 1.39 bits per heavy atom. The average Bonchev–Trinajstić information content (AvgIpc) is 2.27. The summed E-state index contributed by atoms with van der Waals surface area (Å²) in [6.07, 6.45) is 2.17. The Hall–Kier alpha value is -1.69. The van der Waals surface area contributed by atoms with Gasteiger partial charge >= 0.3 is 0 Å². The lowest BCUT2D eigenvalue weighted by Gasteiger charge is -2.09. The molecule has 0 radical (unpaired) electrons. The molecule has 0 spiro atoms. The molecule has 0 aliphatic heterocycles. The SMILES string of the molecule is Cc1nc(NCCCCN(C)C)ccc1[N+](=O)[O-]. The van der Waals surface area contributed by atoms with Gasteiger partial charge in [-0.05, 0) is 46.5 Å². The molecule has 18 heavy (non-hydrogen) atoms. The number of nitrogens with one attached hydrogen (secondary N) is 1. The van der Waals surface area contributed by atoms with E-state index in [-0.39, 0.29) is 5.69 Å². The Labute approximate surface area is 107 Å². The number of aromatic nitrogens is 1. The van der Waals surface area contributed by atoms with Crippen molar-refractivity contribution in [3.8, 4) is 0 Å². The molecule has 6 heteroatoms. The van der Waals surface area contributed by atoms with Crippen LogP contribution in [-0.2, 0) is 0 Å². The molecule has 0 amide bonds. The van der Waals surface area contributed by atoms with Crippen LogP contribution >= 0.6 is 0 Å². The Kier molecular flexibility index (Phi) is 5.51. The highest BCUT2D eigenvalue weighted by molar-refractivity contribution is 5.44. The number of hydrogen-bond donors (Lipinski definition) is 1. The van der Waals surface area contributed by atoms with E-state index in [1.807, 2.05) is 0 Å². The summed E-state index contributed by atoms with van der Waals surface area (Å²) in [5.41, 5.74) is 0.506. The van der Waals surface area contributed by atoms with Crippen molar-refractivity contribution in [2.75, 3.05) is 32.5 Å². The van der Waals surface area contributed by atoms with Crippen molar-refractivity contribution in [2.24, 2.45) is 0 Å². The minimum absolute atomic E-state index is 0.0631. The van der Waals surface area contributed by atoms with Crippen molar-refractivity contribution in [3.63, 3.8) is 0 Å². The summed E-state index contributed by atoms with van der Waals surface area (Å²) >= 11 is 0. The molecule has 1 rings (SSSR count). The highest BCUT2D eigenvalue weighted by Crippen LogP contribution is 2.17. The molecule has 0 saturated heterocycles. The predicted molar refractivity (Wildman–Crippen MR) is 71.9 cm³/mol. The molecule has 6 nitrogen and oxygen atoms in total. The zero-order chi connectivity index (χ0) is 13.5. The zero-order valence-corrected chi connectivity index (χ0v) is 11.1. The number of pyridine rings is 1. The third kappa shape index (κ3) is 4.67. The van der Waals surface area contributed by atoms with E-state index in [0.717, 1.165) is 25.9 Å². The van der Waals surface area contributed by atoms with Gasteiger partial charge in [-0.1, -0.05) is 0 Å². The lowest BCUT2D eigenvalue weighted by molar-refractivity contribution is -0.385. The van der Waals surface area contributed by atoms with Crippen LogP contribution in [0.25, 0.3) is 0 Å². The maximum absolute atomic E-state index is 10.6. The van der Waals surface area contributed by atoms with Gasteiger partial charge in [0.1, 0.15) is 11.5 Å². The van der Waals surface area contributed by atoms with Gasteiger partial charge in [-0.3, -0.25) is 10.1 Å². The first-order valence-electron chi connectivity index (χ1n) is 6.01. The minimum Gasteiger partial charge on any atom is -0.370 e. The third-order valence-electron chi connectivity index (χ3n) is 2.59. The van der Waals surface area contributed by atoms with Gasteiger partial charge in [0.25, 0.3) is 5.69 Å². The molecule has 1 N–H and O–H groups in total. The Morgan fingerprint density at radius 2 is 2.11 bits per heavy atom. The second-order valence-corrected chi connectivity index (χ2v) is 4.50. The smallest absolute Gasteiger partial charge is 0.290 e. The van der Waals surface area contributed by atoms with Crippen molar-refractivity contribution in [1.82, 2.24) is 9.88 Å². The monoisotopic (exact) mass is 252 g/mol. The second kappa shape index (κ2) is 6.90. The van der Waals surface area contributed by atoms with Crippen LogP contribution < -0.4 is 5.32 Å². The topological polar surface area (TPSA) is 71.3 Å². The first-order chi connectivity index (χ1) is 8.50. The number of unbranched alkanes of at least 4 members (excludes halogenated alkanes) is 1. The third-order valence-corrected chi connectivity index (χ3v) is 2.59. The fourth-order valence-corrected chi connectivity index (χ4v) is 1.61. The summed E-state index contributed by atoms with van der Waals surface area (Å²) in [4.78, 5) is 16.5. The first-order valence-corrected chi connectivity index (χ1v) is 6.01. The molecule has 0 aliphatic carbocycles. The van der Waals surface area contributed by atoms with Crippen molar-refractivity contribution >= 4 is 11.5 Å². The highest BCUT2D eigenvalue weighted by Gasteiger charge is 2.11. The largest absolute Gasteiger partial charge is 0.370 e. The number of aryl methyl sites for hydroxylation is 1. The van der Waals surface area contributed by atoms with Crippen LogP contribution in [0.15, 0.2) is 12.1 Å². The molecule has 0 saturated carbocycles. The first kappa shape index (κ1) is 14.4. The van der Waals surface area contributed by atoms with Crippen molar-refractivity contribution < 1.29 is 4.92 Å². The van der Waals surface area contributed by atoms with E-state index in [1.54, 1.807) is 13.0 Å². The number of nitrogens with zero attached hydrogens (tertiary/aromatic N) is 3. The maximum atomic E-state index is 10.6. The van der Waals surface area contributed by atoms with Crippen molar-refractivity contribution in [3.05, 3.63) is 27.9 Å². The van der Waals surface area contributed by atoms with Crippen molar-refractivity contribution in [2.45, 2.75) is 19.8 Å². The maximum Gasteiger partial charge on any atom is 0.290 e. The number of nitro groups is 1. The normalized spacial score (nSPS) is 10.7. The van der Waals surface area contributed by atoms with Gasteiger partial charge in [0, 0.05) is 12.6 Å². The van der Waals surface area contributed by atoms with Crippen LogP contribution in [0.1, 0.15) is 18.5 Å². The molecular weight excluding hydrogens is 232 g/mol. The van der Waals surface area contributed by atoms with Gasteiger partial charge < -0.3 is 10.2 Å². The van der Waals surface area contributed by atoms with Gasteiger partial charge in [0.2, 0.25) is 0 Å². The second-order valence-electron chi connectivity index (χ2n) is 4.50. The summed E-state index contributed by atoms with van der Waals surface area (Å²) < 4.78 is 0. The standard InChI is InChI=1S/C12H20N4O2/c1-10-11(16(17)18)6-7-12(14-10)13-8-4-5-9-15(2)3/h6-7H,4-5,8-9H2,1-3H3,(H,13,14). The van der Waals surface area contributed by atoms with Gasteiger partial charge in [-0.2, -0.15) is 0 Å². The van der Waals surface area contributed by atoms with E-state index in [1.165, 1.54) is 6.07 Å². The molecule has 100 valence electrons. The van der Waals surface area contributed by atoms with E-state index in [2.05, 4.69) is 29.3 Å². The van der Waals surface area contributed by atoms with Crippen LogP contribution in [0.4, 0.5) is 11.5 Å². The van der Waals surface area contributed by atoms with Crippen LogP contribution in [0.2, 0.25) is 0 Å².